The van der Waals surface area contributed by atoms with E-state index in [0.29, 0.717) is 38.7 Å². The Morgan fingerprint density at radius 1 is 1.08 bits per heavy atom. The minimum absolute atomic E-state index is 0.00537. The molecule has 7 rings (SSSR count). The van der Waals surface area contributed by atoms with Crippen LogP contribution in [0, 0.1) is 18.8 Å². The van der Waals surface area contributed by atoms with E-state index in [1.807, 2.05) is 12.3 Å². The summed E-state index contributed by atoms with van der Waals surface area (Å²) in [5.74, 6) is 0.425. The summed E-state index contributed by atoms with van der Waals surface area (Å²) < 4.78 is 6.39. The van der Waals surface area contributed by atoms with Crippen molar-refractivity contribution in [3.63, 3.8) is 0 Å². The van der Waals surface area contributed by atoms with Gasteiger partial charge in [-0.15, -0.1) is 0 Å². The Morgan fingerprint density at radius 3 is 2.72 bits per heavy atom. The molecule has 2 aromatic carbocycles. The molecule has 2 fully saturated rings. The van der Waals surface area contributed by atoms with E-state index < -0.39 is 0 Å². The number of imide groups is 1. The van der Waals surface area contributed by atoms with Crippen molar-refractivity contribution < 1.29 is 19.1 Å². The standard InChI is InChI=1S/C31H34N4O4/c1-18-2-8-26-23(15-32-34-26)24(18)16-35-12-10-31(11-13-35)17-39-29-22-14-20(28(37)21(22)6-7-25(29)31)4-3-19-5-9-27(36)33-30(19)38/h2,6-8,15,19-20H,3-5,9-14,16-17H2,1H3,(H,32,34)(H,33,36,38). The van der Waals surface area contributed by atoms with E-state index in [2.05, 4.69) is 45.5 Å². The van der Waals surface area contributed by atoms with E-state index in [-0.39, 0.29) is 34.8 Å². The SMILES string of the molecule is Cc1ccc2[nH]ncc2c1CN1CCC2(CC1)COc1c2ccc2c1CC(CCC1CCC(=O)NC1=O)C2=O. The number of aromatic nitrogens is 2. The molecule has 2 atom stereocenters. The Labute approximate surface area is 227 Å². The molecule has 0 radical (unpaired) electrons. The molecular weight excluding hydrogens is 492 g/mol. The lowest BCUT2D eigenvalue weighted by Gasteiger charge is -2.38. The maximum Gasteiger partial charge on any atom is 0.229 e. The second kappa shape index (κ2) is 9.30. The van der Waals surface area contributed by atoms with Gasteiger partial charge in [0.1, 0.15) is 5.75 Å². The monoisotopic (exact) mass is 526 g/mol. The van der Waals surface area contributed by atoms with Gasteiger partial charge in [0.05, 0.1) is 18.3 Å². The van der Waals surface area contributed by atoms with Gasteiger partial charge in [-0.2, -0.15) is 5.10 Å². The number of carbonyl (C=O) groups is 3. The Bertz CT molecular complexity index is 1500. The number of nitrogens with zero attached hydrogens (tertiary/aromatic N) is 2. The minimum Gasteiger partial charge on any atom is -0.492 e. The van der Waals surface area contributed by atoms with Crippen LogP contribution in [0.3, 0.4) is 0 Å². The number of hydrogen-bond acceptors (Lipinski definition) is 6. The maximum atomic E-state index is 13.3. The van der Waals surface area contributed by atoms with Crippen molar-refractivity contribution in [1.82, 2.24) is 20.4 Å². The van der Waals surface area contributed by atoms with Crippen molar-refractivity contribution in [2.75, 3.05) is 19.7 Å². The van der Waals surface area contributed by atoms with Gasteiger partial charge in [-0.1, -0.05) is 18.2 Å². The highest BCUT2D eigenvalue weighted by molar-refractivity contribution is 6.03. The number of likely N-dealkylation sites (tertiary alicyclic amines) is 1. The van der Waals surface area contributed by atoms with Crippen molar-refractivity contribution in [2.24, 2.45) is 11.8 Å². The molecule has 2 N–H and O–H groups in total. The Hall–Kier alpha value is -3.52. The van der Waals surface area contributed by atoms with E-state index in [1.54, 1.807) is 0 Å². The number of Topliss-reactive ketones (excluding diaryl/α,β-unsaturated/α-hetero) is 1. The topological polar surface area (TPSA) is 104 Å². The molecular formula is C31H34N4O4. The number of piperidine rings is 2. The fourth-order valence-corrected chi connectivity index (χ4v) is 7.31. The number of nitrogens with one attached hydrogen (secondary N) is 2. The molecule has 0 bridgehead atoms. The number of H-pyrrole nitrogens is 1. The van der Waals surface area contributed by atoms with Gasteiger partial charge in [-0.3, -0.25) is 29.7 Å². The highest BCUT2D eigenvalue weighted by atomic mass is 16.5. The third-order valence-corrected chi connectivity index (χ3v) is 9.79. The van der Waals surface area contributed by atoms with Crippen LogP contribution in [0.25, 0.3) is 10.9 Å². The molecule has 4 aliphatic rings. The van der Waals surface area contributed by atoms with Gasteiger partial charge >= 0.3 is 0 Å². The Kier molecular flexibility index (Phi) is 5.84. The molecule has 8 nitrogen and oxygen atoms in total. The number of benzene rings is 2. The molecule has 2 amide bonds. The van der Waals surface area contributed by atoms with Gasteiger partial charge in [-0.05, 0) is 75.7 Å². The lowest BCUT2D eigenvalue weighted by Crippen LogP contribution is -2.43. The second-order valence-corrected chi connectivity index (χ2v) is 12.0. The van der Waals surface area contributed by atoms with E-state index >= 15 is 0 Å². The first kappa shape index (κ1) is 24.5. The fourth-order valence-electron chi connectivity index (χ4n) is 7.31. The summed E-state index contributed by atoms with van der Waals surface area (Å²) in [4.78, 5) is 39.4. The normalized spacial score (nSPS) is 24.2. The lowest BCUT2D eigenvalue weighted by molar-refractivity contribution is -0.136. The largest absolute Gasteiger partial charge is 0.492 e. The van der Waals surface area contributed by atoms with Crippen molar-refractivity contribution in [3.8, 4) is 5.75 Å². The summed E-state index contributed by atoms with van der Waals surface area (Å²) in [5.41, 5.74) is 6.86. The van der Waals surface area contributed by atoms with Crippen LogP contribution >= 0.6 is 0 Å². The third-order valence-electron chi connectivity index (χ3n) is 9.79. The minimum atomic E-state index is -0.196. The Morgan fingerprint density at radius 2 is 1.90 bits per heavy atom. The first-order valence-electron chi connectivity index (χ1n) is 14.2. The van der Waals surface area contributed by atoms with Gasteiger partial charge in [0, 0.05) is 52.3 Å². The van der Waals surface area contributed by atoms with E-state index in [0.717, 1.165) is 54.9 Å². The zero-order chi connectivity index (χ0) is 26.7. The predicted octanol–water partition coefficient (Wildman–Crippen LogP) is 3.99. The van der Waals surface area contributed by atoms with Crippen molar-refractivity contribution in [2.45, 2.75) is 63.8 Å². The number of ether oxygens (including phenoxy) is 1. The van der Waals surface area contributed by atoms with Crippen LogP contribution in [0.15, 0.2) is 30.5 Å². The van der Waals surface area contributed by atoms with Gasteiger partial charge < -0.3 is 4.74 Å². The summed E-state index contributed by atoms with van der Waals surface area (Å²) in [6.07, 6.45) is 6.95. The highest BCUT2D eigenvalue weighted by Crippen LogP contribution is 2.50. The summed E-state index contributed by atoms with van der Waals surface area (Å²) in [6.45, 7) is 5.77. The number of aromatic amines is 1. The first-order chi connectivity index (χ1) is 18.9. The highest BCUT2D eigenvalue weighted by Gasteiger charge is 2.46. The third kappa shape index (κ3) is 4.07. The van der Waals surface area contributed by atoms with Crippen LogP contribution < -0.4 is 10.1 Å². The van der Waals surface area contributed by atoms with Crippen LogP contribution in [0.1, 0.15) is 71.1 Å². The summed E-state index contributed by atoms with van der Waals surface area (Å²) in [7, 11) is 0. The van der Waals surface area contributed by atoms with Crippen molar-refractivity contribution >= 4 is 28.5 Å². The summed E-state index contributed by atoms with van der Waals surface area (Å²) >= 11 is 0. The zero-order valence-corrected chi connectivity index (χ0v) is 22.3. The molecule has 1 aromatic heterocycles. The number of fused-ring (bicyclic) bond motifs is 5. The molecule has 202 valence electrons. The number of carbonyl (C=O) groups excluding carboxylic acids is 3. The van der Waals surface area contributed by atoms with E-state index in [9.17, 15) is 14.4 Å². The molecule has 8 heteroatoms. The predicted molar refractivity (Wildman–Crippen MR) is 146 cm³/mol. The van der Waals surface area contributed by atoms with Crippen molar-refractivity contribution in [3.05, 3.63) is 58.3 Å². The van der Waals surface area contributed by atoms with Crippen LogP contribution in [-0.4, -0.2) is 52.4 Å². The average molecular weight is 527 g/mol. The van der Waals surface area contributed by atoms with Gasteiger partial charge in [0.25, 0.3) is 0 Å². The summed E-state index contributed by atoms with van der Waals surface area (Å²) in [6, 6.07) is 8.44. The summed E-state index contributed by atoms with van der Waals surface area (Å²) in [5, 5.41) is 11.0. The van der Waals surface area contributed by atoms with Crippen LogP contribution in [0.2, 0.25) is 0 Å². The first-order valence-corrected chi connectivity index (χ1v) is 14.2. The number of rotatable bonds is 5. The molecule has 3 aliphatic heterocycles. The van der Waals surface area contributed by atoms with Crippen LogP contribution in [0.4, 0.5) is 0 Å². The number of amides is 2. The quantitative estimate of drug-likeness (QED) is 0.488. The molecule has 4 heterocycles. The van der Waals surface area contributed by atoms with E-state index in [4.69, 9.17) is 4.74 Å². The second-order valence-electron chi connectivity index (χ2n) is 12.0. The van der Waals surface area contributed by atoms with Crippen molar-refractivity contribution in [1.29, 1.82) is 0 Å². The number of ketones is 1. The molecule has 39 heavy (non-hydrogen) atoms. The van der Waals surface area contributed by atoms with Crippen LogP contribution in [-0.2, 0) is 28.0 Å². The molecule has 2 saturated heterocycles. The zero-order valence-electron chi connectivity index (χ0n) is 22.3. The molecule has 2 unspecified atom stereocenters. The number of hydrogen-bond donors (Lipinski definition) is 2. The van der Waals surface area contributed by atoms with Gasteiger partial charge in [0.15, 0.2) is 5.78 Å². The molecule has 1 spiro atoms. The molecule has 1 aliphatic carbocycles. The maximum absolute atomic E-state index is 13.3. The van der Waals surface area contributed by atoms with Gasteiger partial charge in [0.2, 0.25) is 11.8 Å². The van der Waals surface area contributed by atoms with Crippen LogP contribution in [0.5, 0.6) is 5.75 Å². The van der Waals surface area contributed by atoms with E-state index in [1.165, 1.54) is 22.1 Å². The average Bonchev–Trinajstić information content (AvgIpc) is 3.63. The lowest BCUT2D eigenvalue weighted by atomic mass is 9.73. The molecule has 0 saturated carbocycles. The molecule has 3 aromatic rings. The smallest absolute Gasteiger partial charge is 0.229 e. The fraction of sp³-hybridized carbons (Fsp3) is 0.484. The van der Waals surface area contributed by atoms with Gasteiger partial charge in [-0.25, -0.2) is 0 Å². The number of aryl methyl sites for hydroxylation is 1. The Balaban J connectivity index is 1.04.